The van der Waals surface area contributed by atoms with Crippen molar-refractivity contribution in [3.63, 3.8) is 0 Å². The van der Waals surface area contributed by atoms with Crippen LogP contribution in [-0.2, 0) is 23.8 Å². The van der Waals surface area contributed by atoms with Crippen LogP contribution in [0.5, 0.6) is 0 Å². The Labute approximate surface area is 113 Å². The molecule has 4 atom stereocenters. The summed E-state index contributed by atoms with van der Waals surface area (Å²) in [6, 6.07) is 0. The normalized spacial score (nSPS) is 30.1. The lowest BCUT2D eigenvalue weighted by Gasteiger charge is -2.18. The first-order valence-electron chi connectivity index (χ1n) is 7.05. The second-order valence-electron chi connectivity index (χ2n) is 5.65. The Morgan fingerprint density at radius 1 is 1.42 bits per heavy atom. The summed E-state index contributed by atoms with van der Waals surface area (Å²) in [6.07, 6.45) is 5.22. The molecule has 1 heterocycles. The number of hydrogen-bond acceptors (Lipinski definition) is 5. The Morgan fingerprint density at radius 2 is 2.26 bits per heavy atom. The van der Waals surface area contributed by atoms with Crippen molar-refractivity contribution in [2.45, 2.75) is 51.2 Å². The van der Waals surface area contributed by atoms with E-state index in [2.05, 4.69) is 4.74 Å². The molecule has 0 radical (unpaired) electrons. The van der Waals surface area contributed by atoms with Crippen molar-refractivity contribution < 1.29 is 23.8 Å². The zero-order chi connectivity index (χ0) is 13.7. The predicted molar refractivity (Wildman–Crippen MR) is 67.4 cm³/mol. The van der Waals surface area contributed by atoms with Crippen molar-refractivity contribution in [2.24, 2.45) is 11.8 Å². The Morgan fingerprint density at radius 3 is 3.00 bits per heavy atom. The van der Waals surface area contributed by atoms with E-state index in [9.17, 15) is 9.59 Å². The molecule has 19 heavy (non-hydrogen) atoms. The zero-order valence-corrected chi connectivity index (χ0v) is 11.4. The first-order valence-corrected chi connectivity index (χ1v) is 7.05. The SMILES string of the molecule is CC(CCC(=O)OCC1CCC2OC2C1)COC=O. The second-order valence-corrected chi connectivity index (χ2v) is 5.65. The largest absolute Gasteiger partial charge is 0.468 e. The fraction of sp³-hybridized carbons (Fsp3) is 0.857. The van der Waals surface area contributed by atoms with Gasteiger partial charge in [0.15, 0.2) is 0 Å². The lowest BCUT2D eigenvalue weighted by atomic mass is 9.90. The van der Waals surface area contributed by atoms with Gasteiger partial charge < -0.3 is 14.2 Å². The van der Waals surface area contributed by atoms with E-state index in [1.54, 1.807) is 0 Å². The summed E-state index contributed by atoms with van der Waals surface area (Å²) in [5.74, 6) is 0.494. The molecule has 5 heteroatoms. The molecule has 0 amide bonds. The molecule has 1 aliphatic heterocycles. The molecule has 1 saturated heterocycles. The van der Waals surface area contributed by atoms with Crippen LogP contribution in [-0.4, -0.2) is 37.9 Å². The van der Waals surface area contributed by atoms with Gasteiger partial charge >= 0.3 is 5.97 Å². The minimum absolute atomic E-state index is 0.156. The van der Waals surface area contributed by atoms with Crippen LogP contribution in [0, 0.1) is 11.8 Å². The second kappa shape index (κ2) is 6.89. The number of hydrogen-bond donors (Lipinski definition) is 0. The molecule has 2 fully saturated rings. The van der Waals surface area contributed by atoms with Crippen molar-refractivity contribution in [3.05, 3.63) is 0 Å². The van der Waals surface area contributed by atoms with Crippen LogP contribution in [0.15, 0.2) is 0 Å². The van der Waals surface area contributed by atoms with Crippen LogP contribution < -0.4 is 0 Å². The van der Waals surface area contributed by atoms with E-state index in [1.165, 1.54) is 0 Å². The third-order valence-corrected chi connectivity index (χ3v) is 3.88. The molecule has 2 rings (SSSR count). The highest BCUT2D eigenvalue weighted by Crippen LogP contribution is 2.39. The summed E-state index contributed by atoms with van der Waals surface area (Å²) < 4.78 is 15.4. The molecule has 0 N–H and O–H groups in total. The zero-order valence-electron chi connectivity index (χ0n) is 11.4. The highest BCUT2D eigenvalue weighted by molar-refractivity contribution is 5.69. The van der Waals surface area contributed by atoms with Gasteiger partial charge in [-0.05, 0) is 37.5 Å². The summed E-state index contributed by atoms with van der Waals surface area (Å²) in [4.78, 5) is 21.6. The molecule has 2 aliphatic rings. The monoisotopic (exact) mass is 270 g/mol. The number of rotatable bonds is 8. The van der Waals surface area contributed by atoms with Gasteiger partial charge in [-0.1, -0.05) is 6.92 Å². The van der Waals surface area contributed by atoms with E-state index in [0.717, 1.165) is 19.3 Å². The van der Waals surface area contributed by atoms with Gasteiger partial charge in [-0.25, -0.2) is 0 Å². The number of carbonyl (C=O) groups is 2. The Kier molecular flexibility index (Phi) is 5.19. The predicted octanol–water partition coefficient (Wildman–Crippen LogP) is 1.69. The average Bonchev–Trinajstić information content (AvgIpc) is 3.18. The van der Waals surface area contributed by atoms with E-state index >= 15 is 0 Å². The van der Waals surface area contributed by atoms with Crippen molar-refractivity contribution in [2.75, 3.05) is 13.2 Å². The van der Waals surface area contributed by atoms with Crippen LogP contribution in [0.4, 0.5) is 0 Å². The van der Waals surface area contributed by atoms with E-state index < -0.39 is 0 Å². The van der Waals surface area contributed by atoms with Crippen LogP contribution >= 0.6 is 0 Å². The lowest BCUT2D eigenvalue weighted by molar-refractivity contribution is -0.145. The van der Waals surface area contributed by atoms with Crippen molar-refractivity contribution in [1.82, 2.24) is 0 Å². The molecule has 108 valence electrons. The number of carbonyl (C=O) groups excluding carboxylic acids is 2. The molecule has 0 aromatic carbocycles. The summed E-state index contributed by atoms with van der Waals surface area (Å²) >= 11 is 0. The Bertz CT molecular complexity index is 317. The highest BCUT2D eigenvalue weighted by Gasteiger charge is 2.43. The molecule has 0 aromatic rings. The Hall–Kier alpha value is -1.10. The molecular formula is C14H22O5. The van der Waals surface area contributed by atoms with Gasteiger partial charge in [-0.15, -0.1) is 0 Å². The quantitative estimate of drug-likeness (QED) is 0.381. The number of esters is 1. The number of ether oxygens (including phenoxy) is 3. The lowest BCUT2D eigenvalue weighted by Crippen LogP contribution is -2.20. The molecular weight excluding hydrogens is 248 g/mol. The average molecular weight is 270 g/mol. The summed E-state index contributed by atoms with van der Waals surface area (Å²) in [7, 11) is 0. The maximum absolute atomic E-state index is 11.6. The van der Waals surface area contributed by atoms with Gasteiger partial charge in [-0.3, -0.25) is 9.59 Å². The molecule has 0 aromatic heterocycles. The van der Waals surface area contributed by atoms with Crippen LogP contribution in [0.2, 0.25) is 0 Å². The van der Waals surface area contributed by atoms with Crippen LogP contribution in [0.3, 0.4) is 0 Å². The molecule has 0 bridgehead atoms. The third kappa shape index (κ3) is 4.82. The van der Waals surface area contributed by atoms with E-state index in [-0.39, 0.29) is 11.9 Å². The van der Waals surface area contributed by atoms with Crippen LogP contribution in [0.1, 0.15) is 39.0 Å². The van der Waals surface area contributed by atoms with Crippen LogP contribution in [0.25, 0.3) is 0 Å². The van der Waals surface area contributed by atoms with Crippen molar-refractivity contribution in [1.29, 1.82) is 0 Å². The topological polar surface area (TPSA) is 65.1 Å². The van der Waals surface area contributed by atoms with Gasteiger partial charge in [-0.2, -0.15) is 0 Å². The molecule has 0 spiro atoms. The summed E-state index contributed by atoms with van der Waals surface area (Å²) in [5.41, 5.74) is 0. The Balaban J connectivity index is 1.52. The fourth-order valence-corrected chi connectivity index (χ4v) is 2.57. The first kappa shape index (κ1) is 14.3. The molecule has 1 aliphatic carbocycles. The number of fused-ring (bicyclic) bond motifs is 1. The van der Waals surface area contributed by atoms with E-state index in [0.29, 0.717) is 50.7 Å². The van der Waals surface area contributed by atoms with E-state index in [4.69, 9.17) is 9.47 Å². The first-order chi connectivity index (χ1) is 9.19. The van der Waals surface area contributed by atoms with Crippen molar-refractivity contribution >= 4 is 12.4 Å². The smallest absolute Gasteiger partial charge is 0.305 e. The molecule has 5 nitrogen and oxygen atoms in total. The summed E-state index contributed by atoms with van der Waals surface area (Å²) in [5, 5.41) is 0. The van der Waals surface area contributed by atoms with Gasteiger partial charge in [0.2, 0.25) is 0 Å². The maximum Gasteiger partial charge on any atom is 0.305 e. The summed E-state index contributed by atoms with van der Waals surface area (Å²) in [6.45, 7) is 3.26. The van der Waals surface area contributed by atoms with Crippen molar-refractivity contribution in [3.8, 4) is 0 Å². The number of epoxide rings is 1. The van der Waals surface area contributed by atoms with Gasteiger partial charge in [0.05, 0.1) is 25.4 Å². The van der Waals surface area contributed by atoms with E-state index in [1.807, 2.05) is 6.92 Å². The fourth-order valence-electron chi connectivity index (χ4n) is 2.57. The van der Waals surface area contributed by atoms with Gasteiger partial charge in [0, 0.05) is 6.42 Å². The highest BCUT2D eigenvalue weighted by atomic mass is 16.6. The molecule has 4 unspecified atom stereocenters. The minimum Gasteiger partial charge on any atom is -0.468 e. The molecule has 1 saturated carbocycles. The third-order valence-electron chi connectivity index (χ3n) is 3.88. The van der Waals surface area contributed by atoms with Gasteiger partial charge in [0.1, 0.15) is 0 Å². The minimum atomic E-state index is -0.156. The van der Waals surface area contributed by atoms with Gasteiger partial charge in [0.25, 0.3) is 6.47 Å². The standard InChI is InChI=1S/C14H22O5/c1-10(7-17-9-15)2-5-14(16)18-8-11-3-4-12-13(6-11)19-12/h9-13H,2-8H2,1H3. The maximum atomic E-state index is 11.6.